The minimum absolute atomic E-state index is 0.210. The monoisotopic (exact) mass is 280 g/mol. The highest BCUT2D eigenvalue weighted by Gasteiger charge is 2.03. The lowest BCUT2D eigenvalue weighted by Crippen LogP contribution is -2.02. The van der Waals surface area contributed by atoms with Crippen molar-refractivity contribution in [1.82, 2.24) is 15.2 Å². The van der Waals surface area contributed by atoms with Gasteiger partial charge >= 0.3 is 0 Å². The van der Waals surface area contributed by atoms with Crippen LogP contribution in [0, 0.1) is 6.92 Å². The third kappa shape index (κ3) is 3.02. The maximum absolute atomic E-state index is 9.77. The first-order chi connectivity index (χ1) is 10.2. The summed E-state index contributed by atoms with van der Waals surface area (Å²) in [7, 11) is 0. The van der Waals surface area contributed by atoms with Crippen LogP contribution in [0.4, 0.5) is 5.69 Å². The Labute approximate surface area is 122 Å². The maximum Gasteiger partial charge on any atom is 0.138 e. The highest BCUT2D eigenvalue weighted by molar-refractivity contribution is 5.62. The molecular weight excluding hydrogens is 264 g/mol. The Kier molecular flexibility index (Phi) is 3.55. The molecule has 0 fully saturated rings. The second-order valence-electron chi connectivity index (χ2n) is 4.82. The number of nitrogens with one attached hydrogen (secondary N) is 2. The molecule has 21 heavy (non-hydrogen) atoms. The molecule has 0 amide bonds. The van der Waals surface area contributed by atoms with Crippen LogP contribution in [0.15, 0.2) is 48.7 Å². The molecule has 0 aliphatic carbocycles. The Morgan fingerprint density at radius 3 is 2.62 bits per heavy atom. The number of H-pyrrole nitrogens is 1. The van der Waals surface area contributed by atoms with E-state index in [-0.39, 0.29) is 5.75 Å². The van der Waals surface area contributed by atoms with Crippen LogP contribution in [0.25, 0.3) is 11.3 Å². The number of benzene rings is 1. The molecule has 106 valence electrons. The zero-order valence-corrected chi connectivity index (χ0v) is 11.7. The van der Waals surface area contributed by atoms with Gasteiger partial charge in [-0.2, -0.15) is 5.10 Å². The van der Waals surface area contributed by atoms with Gasteiger partial charge in [-0.25, -0.2) is 0 Å². The van der Waals surface area contributed by atoms with Gasteiger partial charge in [0.1, 0.15) is 11.4 Å². The van der Waals surface area contributed by atoms with E-state index in [9.17, 15) is 5.11 Å². The number of aromatic hydroxyl groups is 1. The molecular formula is C16H16N4O. The summed E-state index contributed by atoms with van der Waals surface area (Å²) >= 11 is 0. The SMILES string of the molecule is Cc1ccc(O)c(CNc2ccc(-c3ccn[nH]3)cc2)n1. The summed E-state index contributed by atoms with van der Waals surface area (Å²) in [4.78, 5) is 4.32. The molecule has 0 spiro atoms. The van der Waals surface area contributed by atoms with Crippen LogP contribution in [0.5, 0.6) is 5.75 Å². The lowest BCUT2D eigenvalue weighted by molar-refractivity contribution is 0.464. The zero-order valence-electron chi connectivity index (χ0n) is 11.7. The van der Waals surface area contributed by atoms with Crippen molar-refractivity contribution in [2.45, 2.75) is 13.5 Å². The average Bonchev–Trinajstić information content (AvgIpc) is 3.03. The Balaban J connectivity index is 1.70. The van der Waals surface area contributed by atoms with Crippen molar-refractivity contribution in [2.24, 2.45) is 0 Å². The molecule has 0 aliphatic heterocycles. The van der Waals surface area contributed by atoms with Gasteiger partial charge in [-0.05, 0) is 42.8 Å². The van der Waals surface area contributed by atoms with E-state index in [1.165, 1.54) is 0 Å². The van der Waals surface area contributed by atoms with Crippen molar-refractivity contribution < 1.29 is 5.11 Å². The van der Waals surface area contributed by atoms with Gasteiger partial charge in [0.25, 0.3) is 0 Å². The molecule has 5 heteroatoms. The summed E-state index contributed by atoms with van der Waals surface area (Å²) in [6, 6.07) is 13.4. The van der Waals surface area contributed by atoms with E-state index in [0.29, 0.717) is 12.2 Å². The number of hydrogen-bond acceptors (Lipinski definition) is 4. The van der Waals surface area contributed by atoms with Crippen molar-refractivity contribution in [3.8, 4) is 17.0 Å². The number of pyridine rings is 1. The first-order valence-electron chi connectivity index (χ1n) is 6.71. The predicted octanol–water partition coefficient (Wildman–Crippen LogP) is 3.10. The average molecular weight is 280 g/mol. The summed E-state index contributed by atoms with van der Waals surface area (Å²) in [5.41, 5.74) is 4.57. The number of aryl methyl sites for hydroxylation is 1. The zero-order chi connectivity index (χ0) is 14.7. The van der Waals surface area contributed by atoms with Crippen LogP contribution in [-0.2, 0) is 6.54 Å². The van der Waals surface area contributed by atoms with E-state index in [0.717, 1.165) is 22.6 Å². The molecule has 0 bridgehead atoms. The fourth-order valence-corrected chi connectivity index (χ4v) is 2.10. The molecule has 3 aromatic rings. The van der Waals surface area contributed by atoms with E-state index in [4.69, 9.17) is 0 Å². The molecule has 0 saturated carbocycles. The van der Waals surface area contributed by atoms with Crippen LogP contribution in [0.3, 0.4) is 0 Å². The van der Waals surface area contributed by atoms with Gasteiger partial charge in [0.15, 0.2) is 0 Å². The summed E-state index contributed by atoms with van der Waals surface area (Å²) in [5.74, 6) is 0.210. The lowest BCUT2D eigenvalue weighted by Gasteiger charge is -2.08. The summed E-state index contributed by atoms with van der Waals surface area (Å²) in [5, 5.41) is 19.9. The highest BCUT2D eigenvalue weighted by Crippen LogP contribution is 2.20. The molecule has 0 unspecified atom stereocenters. The Morgan fingerprint density at radius 2 is 1.90 bits per heavy atom. The molecule has 1 aromatic carbocycles. The minimum atomic E-state index is 0.210. The first kappa shape index (κ1) is 13.2. The Bertz CT molecular complexity index is 721. The molecule has 2 heterocycles. The van der Waals surface area contributed by atoms with Crippen molar-refractivity contribution in [3.05, 3.63) is 60.0 Å². The van der Waals surface area contributed by atoms with Gasteiger partial charge in [0.2, 0.25) is 0 Å². The highest BCUT2D eigenvalue weighted by atomic mass is 16.3. The second-order valence-corrected chi connectivity index (χ2v) is 4.82. The number of nitrogens with zero attached hydrogens (tertiary/aromatic N) is 2. The largest absolute Gasteiger partial charge is 0.506 e. The standard InChI is InChI=1S/C16H16N4O/c1-11-2-7-16(21)15(19-11)10-17-13-5-3-12(4-6-13)14-8-9-18-20-14/h2-9,17,21H,10H2,1H3,(H,18,20). The molecule has 2 aromatic heterocycles. The number of hydrogen-bond donors (Lipinski definition) is 3. The number of aromatic amines is 1. The summed E-state index contributed by atoms with van der Waals surface area (Å²) in [6.07, 6.45) is 1.73. The fourth-order valence-electron chi connectivity index (χ4n) is 2.10. The summed E-state index contributed by atoms with van der Waals surface area (Å²) in [6.45, 7) is 2.39. The van der Waals surface area contributed by atoms with Crippen molar-refractivity contribution >= 4 is 5.69 Å². The smallest absolute Gasteiger partial charge is 0.138 e. The molecule has 3 N–H and O–H groups in total. The van der Waals surface area contributed by atoms with Gasteiger partial charge in [-0.3, -0.25) is 10.1 Å². The fraction of sp³-hybridized carbons (Fsp3) is 0.125. The summed E-state index contributed by atoms with van der Waals surface area (Å²) < 4.78 is 0. The van der Waals surface area contributed by atoms with Crippen LogP contribution in [0.1, 0.15) is 11.4 Å². The predicted molar refractivity (Wildman–Crippen MR) is 82.0 cm³/mol. The third-order valence-electron chi connectivity index (χ3n) is 3.25. The van der Waals surface area contributed by atoms with E-state index < -0.39 is 0 Å². The van der Waals surface area contributed by atoms with Gasteiger partial charge in [0, 0.05) is 17.6 Å². The topological polar surface area (TPSA) is 73.8 Å². The van der Waals surface area contributed by atoms with Crippen LogP contribution < -0.4 is 5.32 Å². The number of rotatable bonds is 4. The van der Waals surface area contributed by atoms with Crippen molar-refractivity contribution in [1.29, 1.82) is 0 Å². The molecule has 0 aliphatic rings. The van der Waals surface area contributed by atoms with Crippen LogP contribution >= 0.6 is 0 Å². The van der Waals surface area contributed by atoms with Crippen molar-refractivity contribution in [2.75, 3.05) is 5.32 Å². The van der Waals surface area contributed by atoms with Crippen LogP contribution in [0.2, 0.25) is 0 Å². The van der Waals surface area contributed by atoms with Crippen LogP contribution in [-0.4, -0.2) is 20.3 Å². The number of anilines is 1. The lowest BCUT2D eigenvalue weighted by atomic mass is 10.1. The van der Waals surface area contributed by atoms with Crippen molar-refractivity contribution in [3.63, 3.8) is 0 Å². The first-order valence-corrected chi connectivity index (χ1v) is 6.71. The molecule has 0 saturated heterocycles. The maximum atomic E-state index is 9.77. The minimum Gasteiger partial charge on any atom is -0.506 e. The quantitative estimate of drug-likeness (QED) is 0.686. The van der Waals surface area contributed by atoms with Gasteiger partial charge in [-0.1, -0.05) is 12.1 Å². The Morgan fingerprint density at radius 1 is 1.10 bits per heavy atom. The molecule has 5 nitrogen and oxygen atoms in total. The van der Waals surface area contributed by atoms with Gasteiger partial charge < -0.3 is 10.4 Å². The third-order valence-corrected chi connectivity index (χ3v) is 3.25. The van der Waals surface area contributed by atoms with E-state index in [1.807, 2.05) is 37.3 Å². The van der Waals surface area contributed by atoms with E-state index >= 15 is 0 Å². The van der Waals surface area contributed by atoms with Gasteiger partial charge in [0.05, 0.1) is 12.2 Å². The normalized spacial score (nSPS) is 10.5. The Hall–Kier alpha value is -2.82. The molecule has 0 atom stereocenters. The molecule has 0 radical (unpaired) electrons. The van der Waals surface area contributed by atoms with E-state index in [2.05, 4.69) is 20.5 Å². The second kappa shape index (κ2) is 5.66. The molecule has 3 rings (SSSR count). The van der Waals surface area contributed by atoms with E-state index in [1.54, 1.807) is 18.3 Å². The van der Waals surface area contributed by atoms with Gasteiger partial charge in [-0.15, -0.1) is 0 Å². The number of aromatic nitrogens is 3.